The van der Waals surface area contributed by atoms with Crippen molar-refractivity contribution in [2.45, 2.75) is 47.0 Å². The largest absolute Gasteiger partial charge is 0.508 e. The normalized spacial score (nSPS) is 35.2. The summed E-state index contributed by atoms with van der Waals surface area (Å²) in [5.41, 5.74) is 2.07. The molecule has 0 saturated heterocycles. The maximum Gasteiger partial charge on any atom is 0.114 e. The van der Waals surface area contributed by atoms with E-state index in [1.54, 1.807) is 0 Å². The van der Waals surface area contributed by atoms with Gasteiger partial charge in [-0.1, -0.05) is 26.0 Å². The van der Waals surface area contributed by atoms with Gasteiger partial charge in [0.05, 0.1) is 0 Å². The summed E-state index contributed by atoms with van der Waals surface area (Å²) in [7, 11) is 0. The average Bonchev–Trinajstić information content (AvgIpc) is 2.29. The van der Waals surface area contributed by atoms with Crippen LogP contribution in [0.1, 0.15) is 47.0 Å². The van der Waals surface area contributed by atoms with Gasteiger partial charge in [-0.15, -0.1) is 0 Å². The van der Waals surface area contributed by atoms with Gasteiger partial charge in [0, 0.05) is 0 Å². The van der Waals surface area contributed by atoms with Gasteiger partial charge < -0.3 is 10.2 Å². The molecule has 0 saturated carbocycles. The standard InChI is InChI=1S/C17H24O2/c1-12-9-16(3,7-5-14(12)18)11-17(4)8-6-15(19)13(2)10-17/h5-6,9-10,18-19H,7-8,11H2,1-4H3. The highest BCUT2D eigenvalue weighted by Crippen LogP contribution is 2.46. The number of hydrogen-bond acceptors (Lipinski definition) is 2. The lowest BCUT2D eigenvalue weighted by Gasteiger charge is -2.39. The second-order valence-electron chi connectivity index (χ2n) is 6.73. The fourth-order valence-electron chi connectivity index (χ4n) is 3.46. The Hall–Kier alpha value is -1.44. The highest BCUT2D eigenvalue weighted by molar-refractivity contribution is 5.33. The van der Waals surface area contributed by atoms with Gasteiger partial charge in [-0.3, -0.25) is 0 Å². The lowest BCUT2D eigenvalue weighted by atomic mass is 9.66. The van der Waals surface area contributed by atoms with E-state index in [0.29, 0.717) is 11.5 Å². The smallest absolute Gasteiger partial charge is 0.114 e. The zero-order valence-electron chi connectivity index (χ0n) is 12.3. The number of aliphatic hydroxyl groups excluding tert-OH is 2. The summed E-state index contributed by atoms with van der Waals surface area (Å²) in [6, 6.07) is 0. The van der Waals surface area contributed by atoms with Crippen molar-refractivity contribution in [1.29, 1.82) is 0 Å². The molecule has 0 heterocycles. The van der Waals surface area contributed by atoms with Crippen molar-refractivity contribution in [3.63, 3.8) is 0 Å². The zero-order chi connectivity index (χ0) is 14.3. The van der Waals surface area contributed by atoms with Crippen LogP contribution in [0.5, 0.6) is 0 Å². The molecule has 2 unspecified atom stereocenters. The van der Waals surface area contributed by atoms with E-state index in [-0.39, 0.29) is 10.8 Å². The summed E-state index contributed by atoms with van der Waals surface area (Å²) >= 11 is 0. The first kappa shape index (κ1) is 14.0. The zero-order valence-corrected chi connectivity index (χ0v) is 12.3. The molecule has 0 aromatic carbocycles. The summed E-state index contributed by atoms with van der Waals surface area (Å²) in [6.07, 6.45) is 11.0. The van der Waals surface area contributed by atoms with Gasteiger partial charge in [-0.2, -0.15) is 0 Å². The molecule has 0 aliphatic heterocycles. The monoisotopic (exact) mass is 260 g/mol. The van der Waals surface area contributed by atoms with Gasteiger partial charge in [-0.05, 0) is 67.2 Å². The minimum Gasteiger partial charge on any atom is -0.508 e. The third kappa shape index (κ3) is 2.94. The minimum absolute atomic E-state index is 0.0721. The van der Waals surface area contributed by atoms with Gasteiger partial charge in [0.25, 0.3) is 0 Å². The Kier molecular flexibility index (Phi) is 3.38. The number of hydrogen-bond donors (Lipinski definition) is 2. The number of aliphatic hydroxyl groups is 2. The number of rotatable bonds is 2. The van der Waals surface area contributed by atoms with Gasteiger partial charge in [-0.25, -0.2) is 0 Å². The lowest BCUT2D eigenvalue weighted by Crippen LogP contribution is -2.28. The molecule has 104 valence electrons. The van der Waals surface area contributed by atoms with Crippen molar-refractivity contribution >= 4 is 0 Å². The average molecular weight is 260 g/mol. The predicted octanol–water partition coefficient (Wildman–Crippen LogP) is 4.97. The van der Waals surface area contributed by atoms with Crippen molar-refractivity contribution in [3.8, 4) is 0 Å². The van der Waals surface area contributed by atoms with E-state index in [1.807, 2.05) is 26.0 Å². The molecule has 19 heavy (non-hydrogen) atoms. The molecular weight excluding hydrogens is 236 g/mol. The quantitative estimate of drug-likeness (QED) is 0.735. The molecule has 0 fully saturated rings. The molecule has 2 aliphatic carbocycles. The first-order valence-electron chi connectivity index (χ1n) is 6.91. The predicted molar refractivity (Wildman–Crippen MR) is 79.0 cm³/mol. The Morgan fingerprint density at radius 3 is 1.58 bits per heavy atom. The Balaban J connectivity index is 2.19. The van der Waals surface area contributed by atoms with Gasteiger partial charge in [0.2, 0.25) is 0 Å². The van der Waals surface area contributed by atoms with Crippen LogP contribution in [0.2, 0.25) is 0 Å². The maximum absolute atomic E-state index is 9.70. The summed E-state index contributed by atoms with van der Waals surface area (Å²) < 4.78 is 0. The van der Waals surface area contributed by atoms with Crippen LogP contribution in [0.25, 0.3) is 0 Å². The Morgan fingerprint density at radius 1 is 0.895 bits per heavy atom. The molecule has 2 rings (SSSR count). The third-order valence-electron chi connectivity index (χ3n) is 4.27. The first-order chi connectivity index (χ1) is 8.73. The van der Waals surface area contributed by atoms with Crippen molar-refractivity contribution in [2.75, 3.05) is 0 Å². The fourth-order valence-corrected chi connectivity index (χ4v) is 3.46. The molecule has 2 nitrogen and oxygen atoms in total. The van der Waals surface area contributed by atoms with Crippen molar-refractivity contribution in [3.05, 3.63) is 47.0 Å². The van der Waals surface area contributed by atoms with E-state index >= 15 is 0 Å². The van der Waals surface area contributed by atoms with Crippen molar-refractivity contribution in [2.24, 2.45) is 10.8 Å². The summed E-state index contributed by atoms with van der Waals surface area (Å²) in [5.74, 6) is 0.825. The van der Waals surface area contributed by atoms with Crippen molar-refractivity contribution in [1.82, 2.24) is 0 Å². The summed E-state index contributed by atoms with van der Waals surface area (Å²) in [6.45, 7) is 8.40. The van der Waals surface area contributed by atoms with E-state index in [4.69, 9.17) is 0 Å². The summed E-state index contributed by atoms with van der Waals surface area (Å²) in [4.78, 5) is 0. The molecule has 0 radical (unpaired) electrons. The van der Waals surface area contributed by atoms with Crippen molar-refractivity contribution < 1.29 is 10.2 Å². The molecule has 2 atom stereocenters. The third-order valence-corrected chi connectivity index (χ3v) is 4.27. The topological polar surface area (TPSA) is 40.5 Å². The van der Waals surface area contributed by atoms with Crippen LogP contribution in [0.3, 0.4) is 0 Å². The first-order valence-corrected chi connectivity index (χ1v) is 6.91. The van der Waals surface area contributed by atoms with Crippen LogP contribution >= 0.6 is 0 Å². The maximum atomic E-state index is 9.70. The lowest BCUT2D eigenvalue weighted by molar-refractivity contribution is 0.240. The fraction of sp³-hybridized carbons (Fsp3) is 0.529. The molecule has 0 aromatic heterocycles. The van der Waals surface area contributed by atoms with Crippen LogP contribution in [0.15, 0.2) is 47.0 Å². The number of allylic oxidation sites excluding steroid dienone is 6. The van der Waals surface area contributed by atoms with Crippen LogP contribution in [-0.4, -0.2) is 10.2 Å². The molecule has 0 bridgehead atoms. The van der Waals surface area contributed by atoms with E-state index < -0.39 is 0 Å². The van der Waals surface area contributed by atoms with Crippen LogP contribution in [0, 0.1) is 10.8 Å². The minimum atomic E-state index is 0.0721. The molecule has 2 aliphatic rings. The molecule has 0 amide bonds. The van der Waals surface area contributed by atoms with Crippen LogP contribution in [-0.2, 0) is 0 Å². The second-order valence-corrected chi connectivity index (χ2v) is 6.73. The Labute approximate surface area is 115 Å². The summed E-state index contributed by atoms with van der Waals surface area (Å²) in [5, 5.41) is 19.4. The van der Waals surface area contributed by atoms with Crippen LogP contribution in [0.4, 0.5) is 0 Å². The van der Waals surface area contributed by atoms with E-state index in [9.17, 15) is 10.2 Å². The van der Waals surface area contributed by atoms with Gasteiger partial charge in [0.15, 0.2) is 0 Å². The van der Waals surface area contributed by atoms with E-state index in [2.05, 4.69) is 26.0 Å². The molecular formula is C17H24O2. The van der Waals surface area contributed by atoms with Gasteiger partial charge in [0.1, 0.15) is 11.5 Å². The molecule has 0 aromatic rings. The molecule has 0 spiro atoms. The highest BCUT2D eigenvalue weighted by atomic mass is 16.3. The van der Waals surface area contributed by atoms with E-state index in [0.717, 1.165) is 30.4 Å². The molecule has 2 heteroatoms. The van der Waals surface area contributed by atoms with Crippen LogP contribution < -0.4 is 0 Å². The Bertz CT molecular complexity index is 461. The SMILES string of the molecule is CC1=CC(C)(CC2(C)C=C(C)C(O)=CC2)CC=C1O. The Morgan fingerprint density at radius 2 is 1.26 bits per heavy atom. The van der Waals surface area contributed by atoms with Gasteiger partial charge >= 0.3 is 0 Å². The second kappa shape index (κ2) is 4.59. The molecule has 2 N–H and O–H groups in total. The van der Waals surface area contributed by atoms with E-state index in [1.165, 1.54) is 0 Å². The highest BCUT2D eigenvalue weighted by Gasteiger charge is 2.35.